The Kier molecular flexibility index (Phi) is 7.04. The molecule has 0 bridgehead atoms. The van der Waals surface area contributed by atoms with Gasteiger partial charge in [-0.3, -0.25) is 0 Å². The molecular formula is C18H29N3O2. The van der Waals surface area contributed by atoms with Crippen molar-refractivity contribution in [3.8, 4) is 11.5 Å². The molecule has 0 aromatic heterocycles. The third-order valence-corrected chi connectivity index (χ3v) is 4.45. The fraction of sp³-hybridized carbons (Fsp3) is 0.611. The molecular weight excluding hydrogens is 290 g/mol. The van der Waals surface area contributed by atoms with Crippen LogP contribution < -0.4 is 20.5 Å². The first-order valence-electron chi connectivity index (χ1n) is 8.47. The third kappa shape index (κ3) is 5.66. The van der Waals surface area contributed by atoms with E-state index >= 15 is 0 Å². The number of nitrogens with one attached hydrogen (secondary N) is 1. The minimum atomic E-state index is 0.506. The average Bonchev–Trinajstić information content (AvgIpc) is 3.10. The van der Waals surface area contributed by atoms with Crippen molar-refractivity contribution in [1.29, 1.82) is 0 Å². The van der Waals surface area contributed by atoms with E-state index in [0.29, 0.717) is 18.3 Å². The molecule has 0 heterocycles. The molecule has 0 atom stereocenters. The van der Waals surface area contributed by atoms with Gasteiger partial charge in [0.25, 0.3) is 0 Å². The molecule has 5 nitrogen and oxygen atoms in total. The zero-order valence-corrected chi connectivity index (χ0v) is 14.3. The third-order valence-electron chi connectivity index (χ3n) is 4.45. The van der Waals surface area contributed by atoms with Crippen molar-refractivity contribution in [3.63, 3.8) is 0 Å². The summed E-state index contributed by atoms with van der Waals surface area (Å²) in [5, 5.41) is 3.20. The number of guanidine groups is 1. The average molecular weight is 319 g/mol. The lowest BCUT2D eigenvalue weighted by Crippen LogP contribution is -2.32. The summed E-state index contributed by atoms with van der Waals surface area (Å²) in [4.78, 5) is 4.38. The lowest BCUT2D eigenvalue weighted by Gasteiger charge is -2.10. The molecule has 0 spiro atoms. The summed E-state index contributed by atoms with van der Waals surface area (Å²) < 4.78 is 10.5. The van der Waals surface area contributed by atoms with Crippen LogP contribution in [0.15, 0.2) is 23.2 Å². The Hall–Kier alpha value is -1.91. The molecule has 0 amide bonds. The summed E-state index contributed by atoms with van der Waals surface area (Å²) >= 11 is 0. The molecule has 0 aliphatic heterocycles. The maximum atomic E-state index is 5.93. The first-order valence-corrected chi connectivity index (χ1v) is 8.47. The maximum absolute atomic E-state index is 5.93. The van der Waals surface area contributed by atoms with Crippen molar-refractivity contribution in [2.75, 3.05) is 20.8 Å². The highest BCUT2D eigenvalue weighted by molar-refractivity contribution is 5.77. The molecule has 0 unspecified atom stereocenters. The predicted octanol–water partition coefficient (Wildman–Crippen LogP) is 3.08. The van der Waals surface area contributed by atoms with Gasteiger partial charge in [0.2, 0.25) is 0 Å². The first-order chi connectivity index (χ1) is 11.2. The smallest absolute Gasteiger partial charge is 0.188 e. The van der Waals surface area contributed by atoms with Crippen LogP contribution in [0.2, 0.25) is 0 Å². The molecule has 5 heteroatoms. The molecule has 0 radical (unpaired) electrons. The second-order valence-corrected chi connectivity index (χ2v) is 6.11. The lowest BCUT2D eigenvalue weighted by molar-refractivity contribution is 0.354. The van der Waals surface area contributed by atoms with E-state index in [9.17, 15) is 0 Å². The maximum Gasteiger partial charge on any atom is 0.188 e. The molecule has 1 aromatic carbocycles. The van der Waals surface area contributed by atoms with Gasteiger partial charge in [0.1, 0.15) is 0 Å². The standard InChI is InChI=1S/C18H29N3O2/c1-22-16-10-9-15(12-17(16)23-2)13-21-18(19)20-11-5-8-14-6-3-4-7-14/h9-10,12,14H,3-8,11,13H2,1-2H3,(H3,19,20,21). The predicted molar refractivity (Wildman–Crippen MR) is 94.1 cm³/mol. The largest absolute Gasteiger partial charge is 0.493 e. The second-order valence-electron chi connectivity index (χ2n) is 6.11. The second kappa shape index (κ2) is 9.28. The van der Waals surface area contributed by atoms with Gasteiger partial charge in [0, 0.05) is 6.54 Å². The number of hydrogen-bond donors (Lipinski definition) is 2. The van der Waals surface area contributed by atoms with Crippen molar-refractivity contribution in [2.24, 2.45) is 16.6 Å². The highest BCUT2D eigenvalue weighted by Crippen LogP contribution is 2.28. The summed E-state index contributed by atoms with van der Waals surface area (Å²) in [6.45, 7) is 1.43. The van der Waals surface area contributed by atoms with Crippen LogP contribution >= 0.6 is 0 Å². The minimum Gasteiger partial charge on any atom is -0.493 e. The van der Waals surface area contributed by atoms with Crippen LogP contribution in [0.4, 0.5) is 0 Å². The van der Waals surface area contributed by atoms with Gasteiger partial charge < -0.3 is 20.5 Å². The van der Waals surface area contributed by atoms with Crippen LogP contribution in [0.3, 0.4) is 0 Å². The van der Waals surface area contributed by atoms with Crippen molar-refractivity contribution in [3.05, 3.63) is 23.8 Å². The van der Waals surface area contributed by atoms with Crippen LogP contribution in [0.25, 0.3) is 0 Å². The van der Waals surface area contributed by atoms with Gasteiger partial charge in [-0.1, -0.05) is 31.7 Å². The van der Waals surface area contributed by atoms with Crippen LogP contribution in [0.1, 0.15) is 44.1 Å². The van der Waals surface area contributed by atoms with E-state index in [1.165, 1.54) is 32.1 Å². The minimum absolute atomic E-state index is 0.506. The fourth-order valence-electron chi connectivity index (χ4n) is 3.12. The van der Waals surface area contributed by atoms with Gasteiger partial charge in [-0.25, -0.2) is 4.99 Å². The van der Waals surface area contributed by atoms with E-state index in [2.05, 4.69) is 10.3 Å². The Morgan fingerprint density at radius 1 is 1.22 bits per heavy atom. The molecule has 1 aliphatic carbocycles. The Morgan fingerprint density at radius 2 is 1.96 bits per heavy atom. The van der Waals surface area contributed by atoms with Crippen LogP contribution in [0.5, 0.6) is 11.5 Å². The number of aliphatic imine (C=N–C) groups is 1. The molecule has 1 aromatic rings. The van der Waals surface area contributed by atoms with Gasteiger partial charge in [0.15, 0.2) is 17.5 Å². The quantitative estimate of drug-likeness (QED) is 0.439. The van der Waals surface area contributed by atoms with E-state index in [1.54, 1.807) is 14.2 Å². The zero-order chi connectivity index (χ0) is 16.5. The highest BCUT2D eigenvalue weighted by Gasteiger charge is 2.13. The van der Waals surface area contributed by atoms with Gasteiger partial charge in [-0.05, 0) is 36.5 Å². The number of rotatable bonds is 8. The summed E-state index contributed by atoms with van der Waals surface area (Å²) in [5.74, 6) is 2.87. The van der Waals surface area contributed by atoms with E-state index in [0.717, 1.165) is 30.2 Å². The summed E-state index contributed by atoms with van der Waals surface area (Å²) in [6.07, 6.45) is 8.10. The molecule has 0 saturated heterocycles. The van der Waals surface area contributed by atoms with Crippen molar-refractivity contribution >= 4 is 5.96 Å². The molecule has 23 heavy (non-hydrogen) atoms. The Morgan fingerprint density at radius 3 is 2.65 bits per heavy atom. The van der Waals surface area contributed by atoms with Crippen molar-refractivity contribution < 1.29 is 9.47 Å². The number of hydrogen-bond acceptors (Lipinski definition) is 3. The number of benzene rings is 1. The molecule has 1 aliphatic rings. The van der Waals surface area contributed by atoms with E-state index < -0.39 is 0 Å². The Balaban J connectivity index is 1.73. The van der Waals surface area contributed by atoms with E-state index in [-0.39, 0.29) is 0 Å². The lowest BCUT2D eigenvalue weighted by atomic mass is 10.0. The number of methoxy groups -OCH3 is 2. The molecule has 1 fully saturated rings. The van der Waals surface area contributed by atoms with Gasteiger partial charge >= 0.3 is 0 Å². The topological polar surface area (TPSA) is 68.9 Å². The van der Waals surface area contributed by atoms with E-state index in [1.807, 2.05) is 18.2 Å². The van der Waals surface area contributed by atoms with Gasteiger partial charge in [-0.15, -0.1) is 0 Å². The van der Waals surface area contributed by atoms with Crippen LogP contribution in [-0.4, -0.2) is 26.7 Å². The van der Waals surface area contributed by atoms with Gasteiger partial charge in [0.05, 0.1) is 20.8 Å². The highest BCUT2D eigenvalue weighted by atomic mass is 16.5. The molecule has 3 N–H and O–H groups in total. The molecule has 1 saturated carbocycles. The summed E-state index contributed by atoms with van der Waals surface area (Å²) in [7, 11) is 3.26. The Labute approximate surface area is 139 Å². The molecule has 128 valence electrons. The van der Waals surface area contributed by atoms with Crippen LogP contribution in [-0.2, 0) is 6.54 Å². The summed E-state index contributed by atoms with van der Waals surface area (Å²) in [6, 6.07) is 5.78. The normalized spacial score (nSPS) is 15.7. The zero-order valence-electron chi connectivity index (χ0n) is 14.3. The van der Waals surface area contributed by atoms with Crippen LogP contribution in [0, 0.1) is 5.92 Å². The first kappa shape index (κ1) is 17.4. The SMILES string of the molecule is COc1ccc(CN=C(N)NCCCC2CCCC2)cc1OC. The van der Waals surface area contributed by atoms with Gasteiger partial charge in [-0.2, -0.15) is 0 Å². The monoisotopic (exact) mass is 319 g/mol. The van der Waals surface area contributed by atoms with Crippen molar-refractivity contribution in [2.45, 2.75) is 45.1 Å². The number of nitrogens with zero attached hydrogens (tertiary/aromatic N) is 1. The Bertz CT molecular complexity index is 511. The van der Waals surface area contributed by atoms with E-state index in [4.69, 9.17) is 15.2 Å². The number of nitrogens with two attached hydrogens (primary N) is 1. The van der Waals surface area contributed by atoms with Crippen molar-refractivity contribution in [1.82, 2.24) is 5.32 Å². The molecule has 2 rings (SSSR count). The number of ether oxygens (including phenoxy) is 2. The summed E-state index contributed by atoms with van der Waals surface area (Å²) in [5.41, 5.74) is 6.97. The fourth-order valence-corrected chi connectivity index (χ4v) is 3.12.